The molecule has 0 saturated carbocycles. The third-order valence-electron chi connectivity index (χ3n) is 2.67. The van der Waals surface area contributed by atoms with Crippen LogP contribution in [0.4, 0.5) is 0 Å². The highest BCUT2D eigenvalue weighted by atomic mass is 35.5. The van der Waals surface area contributed by atoms with Crippen molar-refractivity contribution in [3.63, 3.8) is 0 Å². The van der Waals surface area contributed by atoms with E-state index in [4.69, 9.17) is 16.3 Å². The largest absolute Gasteiger partial charge is 0.494 e. The average molecular weight is 250 g/mol. The van der Waals surface area contributed by atoms with Gasteiger partial charge in [-0.3, -0.25) is 0 Å². The van der Waals surface area contributed by atoms with Crippen LogP contribution in [0.5, 0.6) is 5.75 Å². The summed E-state index contributed by atoms with van der Waals surface area (Å²) in [6.45, 7) is 4.91. The Labute approximate surface area is 107 Å². The number of pyridine rings is 1. The lowest BCUT2D eigenvalue weighted by molar-refractivity contribution is 0.318. The summed E-state index contributed by atoms with van der Waals surface area (Å²) in [5.41, 5.74) is 1.99. The minimum Gasteiger partial charge on any atom is -0.494 e. The number of hydrogen-bond acceptors (Lipinski definition) is 2. The highest BCUT2D eigenvalue weighted by molar-refractivity contribution is 6.30. The second-order valence-corrected chi connectivity index (χ2v) is 4.35. The molecule has 2 rings (SSSR count). The minimum atomic E-state index is 0.599. The van der Waals surface area contributed by atoms with Gasteiger partial charge in [-0.1, -0.05) is 25.4 Å². The third kappa shape index (κ3) is 2.70. The molecular weight excluding hydrogens is 234 g/mol. The summed E-state index contributed by atoms with van der Waals surface area (Å²) in [6, 6.07) is 8.00. The van der Waals surface area contributed by atoms with Crippen LogP contribution < -0.4 is 4.74 Å². The van der Waals surface area contributed by atoms with Crippen molar-refractivity contribution in [2.24, 2.45) is 0 Å². The lowest BCUT2D eigenvalue weighted by Crippen LogP contribution is -1.95. The molecule has 2 aromatic rings. The van der Waals surface area contributed by atoms with Gasteiger partial charge in [-0.25, -0.2) is 4.98 Å². The van der Waals surface area contributed by atoms with Gasteiger partial charge in [0.05, 0.1) is 12.1 Å². The molecule has 90 valence electrons. The second kappa shape index (κ2) is 5.37. The summed E-state index contributed by atoms with van der Waals surface area (Å²) in [7, 11) is 0. The summed E-state index contributed by atoms with van der Waals surface area (Å²) >= 11 is 6.08. The molecular formula is C14H16ClNO. The summed E-state index contributed by atoms with van der Waals surface area (Å²) in [5, 5.41) is 1.68. The number of hydrogen-bond donors (Lipinski definition) is 0. The van der Waals surface area contributed by atoms with E-state index in [-0.39, 0.29) is 0 Å². The van der Waals surface area contributed by atoms with Crippen molar-refractivity contribution >= 4 is 22.5 Å². The van der Waals surface area contributed by atoms with Gasteiger partial charge in [-0.2, -0.15) is 0 Å². The van der Waals surface area contributed by atoms with E-state index in [2.05, 4.69) is 24.9 Å². The van der Waals surface area contributed by atoms with Crippen molar-refractivity contribution in [3.05, 3.63) is 35.0 Å². The molecule has 0 unspecified atom stereocenters. The van der Waals surface area contributed by atoms with Crippen LogP contribution in [0, 0.1) is 0 Å². The van der Waals surface area contributed by atoms with Crippen molar-refractivity contribution in [1.82, 2.24) is 4.98 Å². The van der Waals surface area contributed by atoms with Crippen LogP contribution in [0.2, 0.25) is 5.15 Å². The van der Waals surface area contributed by atoms with Gasteiger partial charge in [0, 0.05) is 5.39 Å². The van der Waals surface area contributed by atoms with Crippen LogP contribution in [0.1, 0.15) is 25.8 Å². The van der Waals surface area contributed by atoms with Gasteiger partial charge in [0.2, 0.25) is 0 Å². The number of aromatic nitrogens is 1. The van der Waals surface area contributed by atoms with Crippen LogP contribution >= 0.6 is 11.6 Å². The SMILES string of the molecule is CCCOc1ccc2nc(Cl)c(CC)cc2c1. The molecule has 17 heavy (non-hydrogen) atoms. The third-order valence-corrected chi connectivity index (χ3v) is 2.99. The first-order chi connectivity index (χ1) is 8.24. The molecule has 3 heteroatoms. The van der Waals surface area contributed by atoms with E-state index in [9.17, 15) is 0 Å². The van der Waals surface area contributed by atoms with Crippen molar-refractivity contribution in [3.8, 4) is 5.75 Å². The van der Waals surface area contributed by atoms with E-state index in [0.717, 1.165) is 41.7 Å². The molecule has 2 nitrogen and oxygen atoms in total. The van der Waals surface area contributed by atoms with E-state index in [1.165, 1.54) is 0 Å². The van der Waals surface area contributed by atoms with Crippen LogP contribution in [-0.4, -0.2) is 11.6 Å². The molecule has 0 radical (unpaired) electrons. The minimum absolute atomic E-state index is 0.599. The van der Waals surface area contributed by atoms with E-state index >= 15 is 0 Å². The van der Waals surface area contributed by atoms with E-state index in [1.54, 1.807) is 0 Å². The molecule has 0 saturated heterocycles. The van der Waals surface area contributed by atoms with Gasteiger partial charge < -0.3 is 4.74 Å². The summed E-state index contributed by atoms with van der Waals surface area (Å²) in [4.78, 5) is 4.38. The van der Waals surface area contributed by atoms with Crippen molar-refractivity contribution < 1.29 is 4.74 Å². The highest BCUT2D eigenvalue weighted by Crippen LogP contribution is 2.24. The molecule has 0 amide bonds. The van der Waals surface area contributed by atoms with E-state index in [1.807, 2.05) is 18.2 Å². The fourth-order valence-electron chi connectivity index (χ4n) is 1.73. The number of ether oxygens (including phenoxy) is 1. The van der Waals surface area contributed by atoms with E-state index in [0.29, 0.717) is 5.15 Å². The van der Waals surface area contributed by atoms with Gasteiger partial charge in [0.25, 0.3) is 0 Å². The number of aryl methyl sites for hydroxylation is 1. The smallest absolute Gasteiger partial charge is 0.132 e. The maximum atomic E-state index is 6.08. The molecule has 1 heterocycles. The molecule has 0 fully saturated rings. The number of halogens is 1. The number of rotatable bonds is 4. The first-order valence-electron chi connectivity index (χ1n) is 5.96. The zero-order valence-electron chi connectivity index (χ0n) is 10.2. The monoisotopic (exact) mass is 249 g/mol. The summed E-state index contributed by atoms with van der Waals surface area (Å²) in [6.07, 6.45) is 1.90. The molecule has 0 N–H and O–H groups in total. The maximum absolute atomic E-state index is 6.08. The first-order valence-corrected chi connectivity index (χ1v) is 6.34. The molecule has 0 atom stereocenters. The van der Waals surface area contributed by atoms with Crippen molar-refractivity contribution in [2.45, 2.75) is 26.7 Å². The first kappa shape index (κ1) is 12.2. The Bertz CT molecular complexity index is 525. The predicted octanol–water partition coefficient (Wildman–Crippen LogP) is 4.24. The van der Waals surface area contributed by atoms with Gasteiger partial charge >= 0.3 is 0 Å². The highest BCUT2D eigenvalue weighted by Gasteiger charge is 2.04. The van der Waals surface area contributed by atoms with Crippen LogP contribution in [0.3, 0.4) is 0 Å². The molecule has 1 aromatic carbocycles. The Balaban J connectivity index is 2.41. The second-order valence-electron chi connectivity index (χ2n) is 3.99. The lowest BCUT2D eigenvalue weighted by Gasteiger charge is -2.07. The Morgan fingerprint density at radius 3 is 2.76 bits per heavy atom. The number of nitrogens with zero attached hydrogens (tertiary/aromatic N) is 1. The normalized spacial score (nSPS) is 10.8. The fourth-order valence-corrected chi connectivity index (χ4v) is 2.01. The van der Waals surface area contributed by atoms with Gasteiger partial charge in [-0.15, -0.1) is 0 Å². The Kier molecular flexibility index (Phi) is 3.85. The predicted molar refractivity (Wildman–Crippen MR) is 71.9 cm³/mol. The van der Waals surface area contributed by atoms with Crippen LogP contribution in [0.15, 0.2) is 24.3 Å². The standard InChI is InChI=1S/C14H16ClNO/c1-3-7-17-12-5-6-13-11(9-12)8-10(4-2)14(15)16-13/h5-6,8-9H,3-4,7H2,1-2H3. The topological polar surface area (TPSA) is 22.1 Å². The number of benzene rings is 1. The quantitative estimate of drug-likeness (QED) is 0.756. The van der Waals surface area contributed by atoms with Crippen LogP contribution in [0.25, 0.3) is 10.9 Å². The Morgan fingerprint density at radius 2 is 2.06 bits per heavy atom. The van der Waals surface area contributed by atoms with Gasteiger partial charge in [-0.05, 0) is 42.7 Å². The van der Waals surface area contributed by atoms with Gasteiger partial charge in [0.1, 0.15) is 10.9 Å². The zero-order chi connectivity index (χ0) is 12.3. The molecule has 0 bridgehead atoms. The zero-order valence-corrected chi connectivity index (χ0v) is 10.9. The summed E-state index contributed by atoms with van der Waals surface area (Å²) < 4.78 is 5.61. The summed E-state index contributed by atoms with van der Waals surface area (Å²) in [5.74, 6) is 0.894. The maximum Gasteiger partial charge on any atom is 0.132 e. The molecule has 0 spiro atoms. The van der Waals surface area contributed by atoms with Gasteiger partial charge in [0.15, 0.2) is 0 Å². The van der Waals surface area contributed by atoms with Crippen molar-refractivity contribution in [1.29, 1.82) is 0 Å². The van der Waals surface area contributed by atoms with Crippen LogP contribution in [-0.2, 0) is 6.42 Å². The fraction of sp³-hybridized carbons (Fsp3) is 0.357. The molecule has 0 aliphatic rings. The Morgan fingerprint density at radius 1 is 1.24 bits per heavy atom. The van der Waals surface area contributed by atoms with Crippen molar-refractivity contribution in [2.75, 3.05) is 6.61 Å². The lowest BCUT2D eigenvalue weighted by atomic mass is 10.1. The Hall–Kier alpha value is -1.28. The molecule has 1 aromatic heterocycles. The molecule has 0 aliphatic carbocycles. The molecule has 0 aliphatic heterocycles. The average Bonchev–Trinajstić information content (AvgIpc) is 2.35. The van der Waals surface area contributed by atoms with E-state index < -0.39 is 0 Å². The number of fused-ring (bicyclic) bond motifs is 1.